The highest BCUT2D eigenvalue weighted by molar-refractivity contribution is 6.47. The highest BCUT2D eigenvalue weighted by Gasteiger charge is 3.12. The normalized spacial score (nSPS) is 54.1. The van der Waals surface area contributed by atoms with E-state index in [1.54, 1.807) is 39.1 Å². The van der Waals surface area contributed by atoms with E-state index in [2.05, 4.69) is 11.6 Å². The molecule has 0 radical (unpaired) electrons. The Morgan fingerprint density at radius 2 is 1.86 bits per heavy atom. The lowest BCUT2D eigenvalue weighted by Gasteiger charge is -2.66. The Bertz CT molecular complexity index is 1380. The molecule has 42 heavy (non-hydrogen) atoms. The number of hydrogen-bond donors (Lipinski definition) is 5. The Kier molecular flexibility index (Phi) is 5.12. The maximum absolute atomic E-state index is 13.8. The molecule has 5 saturated carbocycles. The fourth-order valence-electron chi connectivity index (χ4n) is 11.8. The summed E-state index contributed by atoms with van der Waals surface area (Å²) < 4.78 is 27.3. The molecule has 11 heteroatoms. The van der Waals surface area contributed by atoms with Gasteiger partial charge >= 0.3 is 13.1 Å². The Labute approximate surface area is 245 Å². The molecule has 10 unspecified atom stereocenters. The molecule has 0 aromatic carbocycles. The molecule has 9 rings (SSSR count). The third-order valence-corrected chi connectivity index (χ3v) is 13.5. The second-order valence-corrected chi connectivity index (χ2v) is 14.9. The summed E-state index contributed by atoms with van der Waals surface area (Å²) in [5.74, 6) is -3.47. The van der Waals surface area contributed by atoms with Crippen molar-refractivity contribution in [3.05, 3.63) is 36.2 Å². The van der Waals surface area contributed by atoms with Crippen LogP contribution in [0.15, 0.2) is 30.5 Å². The quantitative estimate of drug-likeness (QED) is 0.205. The second kappa shape index (κ2) is 7.73. The van der Waals surface area contributed by atoms with Crippen molar-refractivity contribution in [2.24, 2.45) is 16.7 Å². The maximum atomic E-state index is 13.8. The van der Waals surface area contributed by atoms with Crippen molar-refractivity contribution in [2.45, 2.75) is 131 Å². The highest BCUT2D eigenvalue weighted by Crippen LogP contribution is 2.93. The second-order valence-electron chi connectivity index (χ2n) is 14.9. The van der Waals surface area contributed by atoms with Gasteiger partial charge in [0.2, 0.25) is 0 Å². The molecule has 5 aliphatic carbocycles. The van der Waals surface area contributed by atoms with Crippen LogP contribution in [0.5, 0.6) is 0 Å². The van der Waals surface area contributed by atoms with Crippen LogP contribution < -0.4 is 0 Å². The van der Waals surface area contributed by atoms with Crippen LogP contribution in [0.1, 0.15) is 89.5 Å². The number of H-pyrrole nitrogens is 1. The molecule has 3 spiro atoms. The number of nitrogens with one attached hydrogen (secondary N) is 1. The van der Waals surface area contributed by atoms with Crippen molar-refractivity contribution >= 4 is 13.1 Å². The third-order valence-electron chi connectivity index (χ3n) is 13.5. The molecular weight excluding hydrogens is 541 g/mol. The minimum absolute atomic E-state index is 0.00383. The average molecular weight is 583 g/mol. The third kappa shape index (κ3) is 2.26. The van der Waals surface area contributed by atoms with Gasteiger partial charge in [-0.3, -0.25) is 0 Å². The van der Waals surface area contributed by atoms with E-state index in [9.17, 15) is 25.2 Å². The van der Waals surface area contributed by atoms with Crippen molar-refractivity contribution in [3.63, 3.8) is 0 Å². The fraction of sp³-hybridized carbons (Fsp3) is 0.774. The molecule has 0 amide bonds. The molecule has 3 aliphatic heterocycles. The van der Waals surface area contributed by atoms with Crippen LogP contribution in [0.25, 0.3) is 0 Å². The molecule has 5 N–H and O–H groups in total. The molecule has 4 heterocycles. The predicted octanol–water partition coefficient (Wildman–Crippen LogP) is 2.62. The largest absolute Gasteiger partial charge is 0.461 e. The summed E-state index contributed by atoms with van der Waals surface area (Å²) >= 11 is 0. The molecule has 3 saturated heterocycles. The summed E-state index contributed by atoms with van der Waals surface area (Å²) in [6, 6.07) is 3.26. The summed E-state index contributed by atoms with van der Waals surface area (Å²) in [5, 5.41) is 51.5. The molecule has 7 bridgehead atoms. The number of esters is 1. The molecule has 8 aliphatic rings. The van der Waals surface area contributed by atoms with Gasteiger partial charge in [0.1, 0.15) is 28.6 Å². The first kappa shape index (κ1) is 27.8. The summed E-state index contributed by atoms with van der Waals surface area (Å²) in [6.45, 7) is 11.2. The molecule has 10 atom stereocenters. The Balaban J connectivity index is 1.45. The van der Waals surface area contributed by atoms with Crippen LogP contribution in [-0.4, -0.2) is 84.5 Å². The summed E-state index contributed by atoms with van der Waals surface area (Å²) in [6.07, 6.45) is 4.31. The summed E-state index contributed by atoms with van der Waals surface area (Å²) in [5.41, 5.74) is -11.8. The van der Waals surface area contributed by atoms with Gasteiger partial charge in [-0.15, -0.1) is 0 Å². The number of aliphatic hydroxyl groups excluding tert-OH is 1. The van der Waals surface area contributed by atoms with E-state index >= 15 is 0 Å². The zero-order chi connectivity index (χ0) is 29.9. The van der Waals surface area contributed by atoms with Gasteiger partial charge in [-0.1, -0.05) is 59.5 Å². The predicted molar refractivity (Wildman–Crippen MR) is 149 cm³/mol. The van der Waals surface area contributed by atoms with Gasteiger partial charge in [-0.25, -0.2) is 4.79 Å². The van der Waals surface area contributed by atoms with Crippen LogP contribution in [0.2, 0.25) is 5.82 Å². The van der Waals surface area contributed by atoms with Gasteiger partial charge in [0, 0.05) is 18.0 Å². The van der Waals surface area contributed by atoms with Gasteiger partial charge in [-0.2, -0.15) is 0 Å². The van der Waals surface area contributed by atoms with Gasteiger partial charge in [0.25, 0.3) is 0 Å². The highest BCUT2D eigenvalue weighted by atomic mass is 16.7. The van der Waals surface area contributed by atoms with Crippen LogP contribution in [0.3, 0.4) is 0 Å². The fourth-order valence-corrected chi connectivity index (χ4v) is 11.8. The number of hydrogen-bond acceptors (Lipinski definition) is 9. The Hall–Kier alpha value is -1.73. The number of aliphatic hydroxyl groups is 4. The van der Waals surface area contributed by atoms with Crippen molar-refractivity contribution in [1.82, 2.24) is 4.98 Å². The number of rotatable bonds is 4. The van der Waals surface area contributed by atoms with Gasteiger partial charge in [0.15, 0.2) is 17.5 Å². The van der Waals surface area contributed by atoms with Gasteiger partial charge in [0.05, 0.1) is 11.0 Å². The molecule has 1 aromatic heterocycles. The number of aromatic amines is 1. The van der Waals surface area contributed by atoms with Crippen molar-refractivity contribution in [3.8, 4) is 0 Å². The molecule has 228 valence electrons. The van der Waals surface area contributed by atoms with E-state index in [0.717, 1.165) is 32.1 Å². The van der Waals surface area contributed by atoms with Crippen LogP contribution in [0, 0.1) is 16.7 Å². The number of carbonyl (C=O) groups is 1. The Morgan fingerprint density at radius 3 is 2.50 bits per heavy atom. The molecular formula is C31H42BNO9. The van der Waals surface area contributed by atoms with E-state index in [1.807, 2.05) is 6.92 Å². The first-order valence-electron chi connectivity index (χ1n) is 15.6. The van der Waals surface area contributed by atoms with Crippen LogP contribution in [0.4, 0.5) is 0 Å². The lowest BCUT2D eigenvalue weighted by molar-refractivity contribution is -0.388. The van der Waals surface area contributed by atoms with E-state index in [0.29, 0.717) is 18.4 Å². The topological polar surface area (TPSA) is 151 Å². The monoisotopic (exact) mass is 583 g/mol. The minimum Gasteiger partial charge on any atom is -0.451 e. The van der Waals surface area contributed by atoms with E-state index in [4.69, 9.17) is 18.8 Å². The van der Waals surface area contributed by atoms with E-state index in [1.165, 1.54) is 0 Å². The average Bonchev–Trinajstić information content (AvgIpc) is 3.56. The van der Waals surface area contributed by atoms with Gasteiger partial charge < -0.3 is 44.2 Å². The smallest absolute Gasteiger partial charge is 0.451 e. The van der Waals surface area contributed by atoms with Crippen molar-refractivity contribution < 1.29 is 44.0 Å². The molecule has 1 aromatic rings. The minimum atomic E-state index is -2.25. The SMILES string of the molecule is C=C1CCC23OB(C4CCCCC4)OC45C(OC(=O)c6ccc[nH]6)C(O)(C(C)C)C6(C)C(O)(CC24C)OC3(C1O)C56O. The first-order chi connectivity index (χ1) is 19.7. The summed E-state index contributed by atoms with van der Waals surface area (Å²) in [4.78, 5) is 16.6. The van der Waals surface area contributed by atoms with E-state index < -0.39 is 75.8 Å². The summed E-state index contributed by atoms with van der Waals surface area (Å²) in [7, 11) is -0.802. The Morgan fingerprint density at radius 1 is 1.14 bits per heavy atom. The number of ether oxygens (including phenoxy) is 2. The molecule has 8 fully saturated rings. The number of aromatic nitrogens is 1. The zero-order valence-corrected chi connectivity index (χ0v) is 24.8. The standard InChI is InChI=1S/C31H42BNO9/c1-17(2)28(37)23(39-22(35)20-12-9-15-33-20)30-24(4)16-27(36)25(28,5)31(30,38)29(40-27)21(34)18(3)13-14-26(24,29)41-32(42-30)19-10-7-6-8-11-19/h9,12,15,17,19,21,23,33-34,36-38H,3,6-8,10-11,13-14,16H2,1-2,4-5H3. The van der Waals surface area contributed by atoms with Gasteiger partial charge in [-0.05, 0) is 49.2 Å². The number of carbonyl (C=O) groups excluding carboxylic acids is 1. The molecule has 10 nitrogen and oxygen atoms in total. The lowest BCUT2D eigenvalue weighted by Crippen LogP contribution is -2.78. The lowest BCUT2D eigenvalue weighted by atomic mass is 9.50. The van der Waals surface area contributed by atoms with Crippen molar-refractivity contribution in [2.75, 3.05) is 0 Å². The van der Waals surface area contributed by atoms with Crippen LogP contribution in [-0.2, 0) is 18.8 Å². The van der Waals surface area contributed by atoms with Crippen LogP contribution >= 0.6 is 0 Å². The van der Waals surface area contributed by atoms with Crippen molar-refractivity contribution in [1.29, 1.82) is 0 Å². The maximum Gasteiger partial charge on any atom is 0.461 e. The van der Waals surface area contributed by atoms with E-state index in [-0.39, 0.29) is 17.9 Å². The zero-order valence-electron chi connectivity index (χ0n) is 24.8. The first-order valence-corrected chi connectivity index (χ1v) is 15.6.